The fourth-order valence-corrected chi connectivity index (χ4v) is 4.32. The second-order valence-corrected chi connectivity index (χ2v) is 8.23. The third-order valence-corrected chi connectivity index (χ3v) is 6.71. The highest BCUT2D eigenvalue weighted by Gasteiger charge is 2.47. The van der Waals surface area contributed by atoms with Crippen molar-refractivity contribution in [2.45, 2.75) is 51.0 Å². The Morgan fingerprint density at radius 3 is 1.12 bits per heavy atom. The van der Waals surface area contributed by atoms with Gasteiger partial charge in [-0.25, -0.2) is 0 Å². The molecule has 4 rings (SSSR count). The minimum atomic E-state index is 0.737. The van der Waals surface area contributed by atoms with Gasteiger partial charge in [0.2, 0.25) is 0 Å². The molecule has 2 heteroatoms. The van der Waals surface area contributed by atoms with E-state index in [-0.39, 0.29) is 0 Å². The molecule has 0 radical (unpaired) electrons. The van der Waals surface area contributed by atoms with Gasteiger partial charge in [0.05, 0.1) is 0 Å². The Morgan fingerprint density at radius 1 is 0.538 bits per heavy atom. The summed E-state index contributed by atoms with van der Waals surface area (Å²) in [5, 5.41) is 0. The van der Waals surface area contributed by atoms with Gasteiger partial charge in [0.1, 0.15) is 0 Å². The zero-order chi connectivity index (χ0) is 18.3. The third-order valence-electron chi connectivity index (χ3n) is 6.71. The van der Waals surface area contributed by atoms with Crippen LogP contribution in [-0.4, -0.2) is 13.4 Å². The van der Waals surface area contributed by atoms with Gasteiger partial charge in [-0.3, -0.25) is 0 Å². The molecule has 2 aromatic rings. The van der Waals surface area contributed by atoms with E-state index in [9.17, 15) is 0 Å². The van der Waals surface area contributed by atoms with Crippen molar-refractivity contribution in [3.63, 3.8) is 0 Å². The predicted molar refractivity (Wildman–Crippen MR) is 115 cm³/mol. The molecule has 2 aliphatic heterocycles. The molecular weight excluding hydrogens is 310 g/mol. The third kappa shape index (κ3) is 3.34. The molecule has 2 saturated heterocycles. The molecule has 2 aromatic carbocycles. The minimum Gasteiger partial charge on any atom is -0.0794 e. The molecule has 2 aliphatic rings. The van der Waals surface area contributed by atoms with E-state index in [1.165, 1.54) is 10.9 Å². The molecule has 2 fully saturated rings. The lowest BCUT2D eigenvalue weighted by Gasteiger charge is -1.97. The minimum absolute atomic E-state index is 0.737. The molecule has 0 saturated carbocycles. The van der Waals surface area contributed by atoms with E-state index in [1.807, 2.05) is 0 Å². The van der Waals surface area contributed by atoms with Crippen LogP contribution in [0.4, 0.5) is 0 Å². The van der Waals surface area contributed by atoms with Crippen LogP contribution in [-0.2, 0) is 0 Å². The Hall–Kier alpha value is -2.31. The van der Waals surface area contributed by atoms with E-state index >= 15 is 0 Å². The van der Waals surface area contributed by atoms with E-state index in [4.69, 9.17) is 0 Å². The Balaban J connectivity index is 1.38. The van der Waals surface area contributed by atoms with Gasteiger partial charge in [-0.1, -0.05) is 98.0 Å². The van der Waals surface area contributed by atoms with Gasteiger partial charge in [-0.15, -0.1) is 0 Å². The fourth-order valence-electron chi connectivity index (χ4n) is 4.32. The van der Waals surface area contributed by atoms with Crippen molar-refractivity contribution >= 4 is 24.4 Å². The van der Waals surface area contributed by atoms with Crippen molar-refractivity contribution in [1.29, 1.82) is 0 Å². The van der Waals surface area contributed by atoms with Crippen LogP contribution in [0.5, 0.6) is 0 Å². The standard InChI is InChI=1S/C24H24B2/c1-17-18(2)25(17)23-13-9-21(10-14-23)7-5-6-8-22-11-15-24(16-12-22)26-19(3)20(26)4/h9-20H,1-4H3. The van der Waals surface area contributed by atoms with Crippen LogP contribution in [0.25, 0.3) is 0 Å². The Kier molecular flexibility index (Phi) is 4.46. The highest BCUT2D eigenvalue weighted by atomic mass is 14.2. The number of benzene rings is 2. The molecule has 0 aromatic heterocycles. The molecule has 2 heterocycles. The van der Waals surface area contributed by atoms with Crippen molar-refractivity contribution < 1.29 is 0 Å². The predicted octanol–water partition coefficient (Wildman–Crippen LogP) is 4.08. The molecular formula is C24H24B2. The maximum absolute atomic E-state index is 3.15. The number of hydrogen-bond acceptors (Lipinski definition) is 0. The average molecular weight is 334 g/mol. The normalized spacial score (nSPS) is 25.7. The first-order valence-corrected chi connectivity index (χ1v) is 9.78. The molecule has 0 amide bonds. The summed E-state index contributed by atoms with van der Waals surface area (Å²) in [6.45, 7) is 10.8. The number of rotatable bonds is 2. The highest BCUT2D eigenvalue weighted by molar-refractivity contribution is 6.86. The summed E-state index contributed by atoms with van der Waals surface area (Å²) >= 11 is 0. The zero-order valence-electron chi connectivity index (χ0n) is 16.1. The monoisotopic (exact) mass is 334 g/mol. The van der Waals surface area contributed by atoms with Crippen molar-refractivity contribution in [3.8, 4) is 23.7 Å². The van der Waals surface area contributed by atoms with E-state index in [0.29, 0.717) is 0 Å². The SMILES string of the molecule is CC1B(c2ccc(C#CC#Cc3ccc(B4C(C)C4C)cc3)cc2)C1C. The van der Waals surface area contributed by atoms with Gasteiger partial charge < -0.3 is 0 Å². The average Bonchev–Trinajstić information content (AvgIpc) is 3.47. The molecule has 0 bridgehead atoms. The van der Waals surface area contributed by atoms with Crippen molar-refractivity contribution in [2.24, 2.45) is 0 Å². The smallest absolute Gasteiger partial charge is 0.0794 e. The van der Waals surface area contributed by atoms with Crippen LogP contribution in [0, 0.1) is 23.7 Å². The van der Waals surface area contributed by atoms with Crippen molar-refractivity contribution in [2.75, 3.05) is 0 Å². The molecule has 0 N–H and O–H groups in total. The summed E-state index contributed by atoms with van der Waals surface area (Å²) in [6.07, 6.45) is 0. The lowest BCUT2D eigenvalue weighted by molar-refractivity contribution is 1.02. The first-order valence-electron chi connectivity index (χ1n) is 9.78. The Morgan fingerprint density at radius 2 is 0.846 bits per heavy atom. The largest absolute Gasteiger partial charge is 0.180 e. The molecule has 0 spiro atoms. The quantitative estimate of drug-likeness (QED) is 0.573. The Bertz CT molecular complexity index is 823. The second-order valence-electron chi connectivity index (χ2n) is 8.23. The van der Waals surface area contributed by atoms with Crippen LogP contribution in [0.15, 0.2) is 48.5 Å². The van der Waals surface area contributed by atoms with E-state index < -0.39 is 0 Å². The van der Waals surface area contributed by atoms with E-state index in [0.717, 1.165) is 47.8 Å². The van der Waals surface area contributed by atoms with Crippen molar-refractivity contribution in [1.82, 2.24) is 0 Å². The molecule has 0 aliphatic carbocycles. The topological polar surface area (TPSA) is 0 Å². The fraction of sp³-hybridized carbons (Fsp3) is 0.333. The summed E-state index contributed by atoms with van der Waals surface area (Å²) in [4.78, 5) is 0. The first-order chi connectivity index (χ1) is 12.6. The highest BCUT2D eigenvalue weighted by Crippen LogP contribution is 2.48. The first kappa shape index (κ1) is 17.1. The summed E-state index contributed by atoms with van der Waals surface area (Å²) in [7, 11) is 0. The van der Waals surface area contributed by atoms with Gasteiger partial charge in [0, 0.05) is 11.1 Å². The number of hydrogen-bond donors (Lipinski definition) is 0. The maximum atomic E-state index is 3.15. The van der Waals surface area contributed by atoms with Crippen LogP contribution >= 0.6 is 0 Å². The van der Waals surface area contributed by atoms with Crippen LogP contribution in [0.2, 0.25) is 23.3 Å². The van der Waals surface area contributed by atoms with Gasteiger partial charge in [-0.2, -0.15) is 0 Å². The molecule has 4 atom stereocenters. The molecule has 4 unspecified atom stereocenters. The maximum Gasteiger partial charge on any atom is 0.180 e. The summed E-state index contributed by atoms with van der Waals surface area (Å²) in [5.41, 5.74) is 4.97. The van der Waals surface area contributed by atoms with Crippen LogP contribution in [0.3, 0.4) is 0 Å². The van der Waals surface area contributed by atoms with Crippen LogP contribution < -0.4 is 10.9 Å². The summed E-state index contributed by atoms with van der Waals surface area (Å²) in [6, 6.07) is 17.4. The van der Waals surface area contributed by atoms with Gasteiger partial charge in [0.15, 0.2) is 13.4 Å². The summed E-state index contributed by atoms with van der Waals surface area (Å²) in [5.74, 6) is 15.5. The van der Waals surface area contributed by atoms with E-state index in [2.05, 4.69) is 99.9 Å². The van der Waals surface area contributed by atoms with E-state index in [1.54, 1.807) is 0 Å². The van der Waals surface area contributed by atoms with Gasteiger partial charge in [0.25, 0.3) is 0 Å². The van der Waals surface area contributed by atoms with Gasteiger partial charge in [-0.05, 0) is 36.1 Å². The molecule has 0 nitrogen and oxygen atoms in total. The van der Waals surface area contributed by atoms with Gasteiger partial charge >= 0.3 is 0 Å². The molecule has 126 valence electrons. The lowest BCUT2D eigenvalue weighted by Crippen LogP contribution is -2.16. The van der Waals surface area contributed by atoms with Crippen LogP contribution in [0.1, 0.15) is 38.8 Å². The molecule has 26 heavy (non-hydrogen) atoms. The second kappa shape index (κ2) is 6.78. The summed E-state index contributed by atoms with van der Waals surface area (Å²) < 4.78 is 0. The van der Waals surface area contributed by atoms with Crippen molar-refractivity contribution in [3.05, 3.63) is 59.7 Å². The zero-order valence-corrected chi connectivity index (χ0v) is 16.1. The lowest BCUT2D eigenvalue weighted by atomic mass is 9.59. The Labute approximate surface area is 159 Å².